The maximum absolute atomic E-state index is 5.20. The summed E-state index contributed by atoms with van der Waals surface area (Å²) in [5, 5.41) is 3.17. The topological polar surface area (TPSA) is 33.7 Å². The predicted molar refractivity (Wildman–Crippen MR) is 60.7 cm³/mol. The van der Waals surface area contributed by atoms with Crippen molar-refractivity contribution < 1.29 is 9.47 Å². The Balaban J connectivity index is 0.000000151. The molecule has 4 nitrogen and oxygen atoms in total. The number of nitrogens with zero attached hydrogens (tertiary/aromatic N) is 1. The van der Waals surface area contributed by atoms with Gasteiger partial charge in [0.25, 0.3) is 0 Å². The number of rotatable bonds is 0. The Kier molecular flexibility index (Phi) is 4.12. The molecule has 0 aromatic heterocycles. The van der Waals surface area contributed by atoms with E-state index < -0.39 is 0 Å². The summed E-state index contributed by atoms with van der Waals surface area (Å²) in [5.74, 6) is 0. The second-order valence-corrected chi connectivity index (χ2v) is 5.54. The highest BCUT2D eigenvalue weighted by Gasteiger charge is 2.29. The van der Waals surface area contributed by atoms with Crippen LogP contribution in [0.25, 0.3) is 0 Å². The van der Waals surface area contributed by atoms with E-state index in [4.69, 9.17) is 9.47 Å². The smallest absolute Gasteiger partial charge is 0.0993 e. The lowest BCUT2D eigenvalue weighted by atomic mass is 10.1. The molecular formula is C11H24N2O2. The van der Waals surface area contributed by atoms with E-state index in [-0.39, 0.29) is 11.1 Å². The third-order valence-corrected chi connectivity index (χ3v) is 2.89. The van der Waals surface area contributed by atoms with Crippen molar-refractivity contribution in [3.8, 4) is 0 Å². The minimum absolute atomic E-state index is 0.222. The van der Waals surface area contributed by atoms with Gasteiger partial charge in [-0.2, -0.15) is 0 Å². The number of ether oxygens (including phenoxy) is 2. The molecule has 0 aromatic carbocycles. The van der Waals surface area contributed by atoms with Crippen molar-refractivity contribution in [3.05, 3.63) is 0 Å². The molecule has 1 N–H and O–H groups in total. The van der Waals surface area contributed by atoms with Crippen molar-refractivity contribution in [2.24, 2.45) is 0 Å². The second kappa shape index (κ2) is 4.78. The molecular weight excluding hydrogens is 192 g/mol. The van der Waals surface area contributed by atoms with Crippen molar-refractivity contribution in [2.45, 2.75) is 38.8 Å². The van der Waals surface area contributed by atoms with Crippen LogP contribution in [0.3, 0.4) is 0 Å². The van der Waals surface area contributed by atoms with E-state index in [1.165, 1.54) is 0 Å². The van der Waals surface area contributed by atoms with Crippen LogP contribution in [0.1, 0.15) is 27.7 Å². The van der Waals surface area contributed by atoms with Crippen LogP contribution in [0.15, 0.2) is 0 Å². The molecule has 2 aliphatic heterocycles. The Hall–Kier alpha value is -0.160. The molecule has 0 aliphatic carbocycles. The Morgan fingerprint density at radius 2 is 1.73 bits per heavy atom. The van der Waals surface area contributed by atoms with Gasteiger partial charge in [-0.15, -0.1) is 0 Å². The molecule has 15 heavy (non-hydrogen) atoms. The lowest BCUT2D eigenvalue weighted by Crippen LogP contribution is -2.36. The molecule has 2 fully saturated rings. The van der Waals surface area contributed by atoms with Gasteiger partial charge in [-0.3, -0.25) is 10.2 Å². The fourth-order valence-corrected chi connectivity index (χ4v) is 1.32. The Bertz CT molecular complexity index is 197. The van der Waals surface area contributed by atoms with Gasteiger partial charge in [-0.1, -0.05) is 0 Å². The van der Waals surface area contributed by atoms with Crippen LogP contribution < -0.4 is 5.32 Å². The van der Waals surface area contributed by atoms with Gasteiger partial charge in [-0.05, 0) is 34.7 Å². The zero-order valence-electron chi connectivity index (χ0n) is 10.6. The van der Waals surface area contributed by atoms with Gasteiger partial charge in [-0.25, -0.2) is 0 Å². The average Bonchev–Trinajstić information content (AvgIpc) is 2.61. The van der Waals surface area contributed by atoms with Crippen LogP contribution in [0, 0.1) is 0 Å². The van der Waals surface area contributed by atoms with Crippen LogP contribution in [-0.4, -0.2) is 49.7 Å². The summed E-state index contributed by atoms with van der Waals surface area (Å²) in [6.45, 7) is 11.8. The third-order valence-electron chi connectivity index (χ3n) is 2.89. The summed E-state index contributed by atoms with van der Waals surface area (Å²) in [5.41, 5.74) is 0.486. The number of hydrogen-bond acceptors (Lipinski definition) is 4. The van der Waals surface area contributed by atoms with Gasteiger partial charge in [0.1, 0.15) is 0 Å². The normalized spacial score (nSPS) is 28.6. The average molecular weight is 216 g/mol. The molecule has 2 heterocycles. The molecule has 0 saturated carbocycles. The first-order valence-corrected chi connectivity index (χ1v) is 5.45. The van der Waals surface area contributed by atoms with Gasteiger partial charge >= 0.3 is 0 Å². The number of likely N-dealkylation sites (N-methyl/N-ethyl adjacent to an activating group) is 1. The van der Waals surface area contributed by atoms with Crippen LogP contribution in [0.2, 0.25) is 0 Å². The Morgan fingerprint density at radius 3 is 1.87 bits per heavy atom. The Labute approximate surface area is 92.9 Å². The van der Waals surface area contributed by atoms with E-state index in [9.17, 15) is 0 Å². The fourth-order valence-electron chi connectivity index (χ4n) is 1.32. The summed E-state index contributed by atoms with van der Waals surface area (Å²) < 4.78 is 10.2. The molecule has 0 radical (unpaired) electrons. The van der Waals surface area contributed by atoms with E-state index in [0.717, 1.165) is 19.9 Å². The van der Waals surface area contributed by atoms with Crippen molar-refractivity contribution in [1.29, 1.82) is 0 Å². The zero-order chi connectivity index (χ0) is 11.5. The van der Waals surface area contributed by atoms with Crippen molar-refractivity contribution in [1.82, 2.24) is 10.2 Å². The van der Waals surface area contributed by atoms with E-state index in [1.807, 2.05) is 0 Å². The zero-order valence-corrected chi connectivity index (χ0v) is 10.6. The van der Waals surface area contributed by atoms with E-state index >= 15 is 0 Å². The monoisotopic (exact) mass is 216 g/mol. The minimum Gasteiger partial charge on any atom is -0.364 e. The molecule has 2 rings (SSSR count). The van der Waals surface area contributed by atoms with E-state index in [1.54, 1.807) is 0 Å². The molecule has 2 aliphatic rings. The van der Waals surface area contributed by atoms with Gasteiger partial charge in [0, 0.05) is 11.1 Å². The molecule has 0 atom stereocenters. The highest BCUT2D eigenvalue weighted by atomic mass is 16.5. The maximum atomic E-state index is 5.20. The van der Waals surface area contributed by atoms with Gasteiger partial charge in [0.05, 0.1) is 26.7 Å². The van der Waals surface area contributed by atoms with E-state index in [0.29, 0.717) is 6.73 Å². The summed E-state index contributed by atoms with van der Waals surface area (Å²) in [6, 6.07) is 0. The maximum Gasteiger partial charge on any atom is 0.0993 e. The number of hydrogen-bond donors (Lipinski definition) is 1. The molecule has 0 spiro atoms. The SMILES string of the molecule is CC1(C)COCN1.CN1COCC1(C)C. The van der Waals surface area contributed by atoms with E-state index in [2.05, 4.69) is 45.0 Å². The first kappa shape index (κ1) is 12.9. The summed E-state index contributed by atoms with van der Waals surface area (Å²) >= 11 is 0. The van der Waals surface area contributed by atoms with Gasteiger partial charge < -0.3 is 9.47 Å². The van der Waals surface area contributed by atoms with Crippen LogP contribution in [0.4, 0.5) is 0 Å². The minimum atomic E-state index is 0.222. The molecule has 0 bridgehead atoms. The first-order chi connectivity index (χ1) is 6.83. The largest absolute Gasteiger partial charge is 0.364 e. The lowest BCUT2D eigenvalue weighted by molar-refractivity contribution is 0.152. The van der Waals surface area contributed by atoms with Crippen LogP contribution >= 0.6 is 0 Å². The second-order valence-electron chi connectivity index (χ2n) is 5.54. The first-order valence-electron chi connectivity index (χ1n) is 5.45. The summed E-state index contributed by atoms with van der Waals surface area (Å²) in [4.78, 5) is 2.20. The van der Waals surface area contributed by atoms with Crippen molar-refractivity contribution in [3.63, 3.8) is 0 Å². The standard InChI is InChI=1S/C6H13NO.C5H11NO/c1-6(2)4-8-5-7(6)3;1-5(2)3-7-4-6-5/h4-5H2,1-3H3;6H,3-4H2,1-2H3. The fraction of sp³-hybridized carbons (Fsp3) is 1.00. The van der Waals surface area contributed by atoms with Crippen molar-refractivity contribution in [2.75, 3.05) is 33.7 Å². The lowest BCUT2D eigenvalue weighted by Gasteiger charge is -2.23. The highest BCUT2D eigenvalue weighted by molar-refractivity contribution is 4.81. The summed E-state index contributed by atoms with van der Waals surface area (Å²) in [7, 11) is 2.08. The van der Waals surface area contributed by atoms with Gasteiger partial charge in [0.2, 0.25) is 0 Å². The molecule has 0 unspecified atom stereocenters. The number of nitrogens with one attached hydrogen (secondary N) is 1. The highest BCUT2D eigenvalue weighted by Crippen LogP contribution is 2.17. The van der Waals surface area contributed by atoms with Crippen LogP contribution in [0.5, 0.6) is 0 Å². The molecule has 90 valence electrons. The predicted octanol–water partition coefficient (Wildman–Crippen LogP) is 1.03. The summed E-state index contributed by atoms with van der Waals surface area (Å²) in [6.07, 6.45) is 0. The van der Waals surface area contributed by atoms with Gasteiger partial charge in [0.15, 0.2) is 0 Å². The molecule has 2 saturated heterocycles. The quantitative estimate of drug-likeness (QED) is 0.655. The van der Waals surface area contributed by atoms with Crippen molar-refractivity contribution >= 4 is 0 Å². The molecule has 0 aromatic rings. The Morgan fingerprint density at radius 1 is 1.07 bits per heavy atom. The molecule has 4 heteroatoms. The molecule has 0 amide bonds. The third kappa shape index (κ3) is 4.07. The van der Waals surface area contributed by atoms with Crippen LogP contribution in [-0.2, 0) is 9.47 Å².